The van der Waals surface area contributed by atoms with Gasteiger partial charge >= 0.3 is 6.03 Å². The number of rotatable bonds is 6. The standard InChI is InChI=1S/C18H31N3O5S/c1-5-27(25,26)11-10-19-14(22)12-21-15(23)18(20-16(21)24)8-6-13(7-9-18)17(2,3)4/h13H,5-12H2,1-4H3,(H,19,22)(H,20,24). The Balaban J connectivity index is 1.92. The monoisotopic (exact) mass is 401 g/mol. The number of carbonyl (C=O) groups is 3. The van der Waals surface area contributed by atoms with Gasteiger partial charge in [-0.25, -0.2) is 13.2 Å². The highest BCUT2D eigenvalue weighted by Crippen LogP contribution is 2.43. The minimum Gasteiger partial charge on any atom is -0.354 e. The Hall–Kier alpha value is -1.64. The van der Waals surface area contributed by atoms with Crippen molar-refractivity contribution in [1.82, 2.24) is 15.5 Å². The predicted octanol–water partition coefficient (Wildman–Crippen LogP) is 1.06. The van der Waals surface area contributed by atoms with E-state index in [1.165, 1.54) is 6.92 Å². The molecule has 0 atom stereocenters. The second-order valence-electron chi connectivity index (χ2n) is 8.63. The Morgan fingerprint density at radius 3 is 2.37 bits per heavy atom. The van der Waals surface area contributed by atoms with Crippen LogP contribution >= 0.6 is 0 Å². The molecule has 1 saturated carbocycles. The molecule has 2 fully saturated rings. The summed E-state index contributed by atoms with van der Waals surface area (Å²) in [4.78, 5) is 38.1. The van der Waals surface area contributed by atoms with Gasteiger partial charge in [-0.1, -0.05) is 27.7 Å². The van der Waals surface area contributed by atoms with Gasteiger partial charge in [-0.05, 0) is 37.0 Å². The highest BCUT2D eigenvalue weighted by atomic mass is 32.2. The summed E-state index contributed by atoms with van der Waals surface area (Å²) in [7, 11) is -3.18. The van der Waals surface area contributed by atoms with Gasteiger partial charge in [0, 0.05) is 12.3 Å². The largest absolute Gasteiger partial charge is 0.354 e. The summed E-state index contributed by atoms with van der Waals surface area (Å²) in [6, 6.07) is -0.550. The SMILES string of the molecule is CCS(=O)(=O)CCNC(=O)CN1C(=O)NC2(CCC(C(C)(C)C)CC2)C1=O. The Morgan fingerprint density at radius 1 is 1.26 bits per heavy atom. The zero-order valence-electron chi connectivity index (χ0n) is 16.6. The van der Waals surface area contributed by atoms with Gasteiger partial charge in [0.05, 0.1) is 5.75 Å². The predicted molar refractivity (Wildman–Crippen MR) is 102 cm³/mol. The maximum absolute atomic E-state index is 12.8. The first kappa shape index (κ1) is 21.7. The second kappa shape index (κ2) is 7.77. The van der Waals surface area contributed by atoms with Crippen molar-refractivity contribution in [3.63, 3.8) is 0 Å². The molecule has 0 unspecified atom stereocenters. The topological polar surface area (TPSA) is 113 Å². The fourth-order valence-electron chi connectivity index (χ4n) is 3.83. The van der Waals surface area contributed by atoms with Crippen LogP contribution in [0.25, 0.3) is 0 Å². The van der Waals surface area contributed by atoms with Crippen LogP contribution in [0.5, 0.6) is 0 Å². The minimum absolute atomic E-state index is 0.00790. The van der Waals surface area contributed by atoms with E-state index in [0.717, 1.165) is 17.7 Å². The van der Waals surface area contributed by atoms with E-state index in [1.54, 1.807) is 0 Å². The van der Waals surface area contributed by atoms with Gasteiger partial charge in [0.1, 0.15) is 12.1 Å². The molecule has 0 aromatic rings. The van der Waals surface area contributed by atoms with E-state index in [4.69, 9.17) is 0 Å². The molecule has 2 rings (SSSR count). The number of nitrogens with zero attached hydrogens (tertiary/aromatic N) is 1. The van der Waals surface area contributed by atoms with Crippen molar-refractivity contribution in [3.05, 3.63) is 0 Å². The summed E-state index contributed by atoms with van der Waals surface area (Å²) in [6.07, 6.45) is 2.85. The lowest BCUT2D eigenvalue weighted by Gasteiger charge is -2.40. The van der Waals surface area contributed by atoms with Crippen molar-refractivity contribution in [3.8, 4) is 0 Å². The Labute approximate surface area is 161 Å². The number of imide groups is 1. The number of nitrogens with one attached hydrogen (secondary N) is 2. The number of sulfone groups is 1. The lowest BCUT2D eigenvalue weighted by molar-refractivity contribution is -0.136. The van der Waals surface area contributed by atoms with Crippen molar-refractivity contribution >= 4 is 27.7 Å². The van der Waals surface area contributed by atoms with Gasteiger partial charge in [-0.3, -0.25) is 14.5 Å². The fraction of sp³-hybridized carbons (Fsp3) is 0.833. The molecule has 2 N–H and O–H groups in total. The number of hydrogen-bond donors (Lipinski definition) is 2. The Kier molecular flexibility index (Phi) is 6.23. The summed E-state index contributed by atoms with van der Waals surface area (Å²) >= 11 is 0. The van der Waals surface area contributed by atoms with Crippen molar-refractivity contribution in [1.29, 1.82) is 0 Å². The van der Waals surface area contributed by atoms with Crippen molar-refractivity contribution in [2.75, 3.05) is 24.6 Å². The van der Waals surface area contributed by atoms with E-state index >= 15 is 0 Å². The van der Waals surface area contributed by atoms with Crippen LogP contribution in [-0.4, -0.2) is 61.3 Å². The number of urea groups is 1. The highest BCUT2D eigenvalue weighted by molar-refractivity contribution is 7.91. The van der Waals surface area contributed by atoms with Crippen LogP contribution in [0, 0.1) is 11.3 Å². The van der Waals surface area contributed by atoms with E-state index in [2.05, 4.69) is 31.4 Å². The van der Waals surface area contributed by atoms with Crippen LogP contribution in [0.4, 0.5) is 4.79 Å². The van der Waals surface area contributed by atoms with Crippen LogP contribution in [0.2, 0.25) is 0 Å². The lowest BCUT2D eigenvalue weighted by Crippen LogP contribution is -2.51. The van der Waals surface area contributed by atoms with Crippen LogP contribution in [0.3, 0.4) is 0 Å². The lowest BCUT2D eigenvalue weighted by atomic mass is 9.67. The van der Waals surface area contributed by atoms with Crippen molar-refractivity contribution in [2.45, 2.75) is 58.9 Å². The van der Waals surface area contributed by atoms with E-state index in [-0.39, 0.29) is 35.9 Å². The van der Waals surface area contributed by atoms with Gasteiger partial charge < -0.3 is 10.6 Å². The van der Waals surface area contributed by atoms with E-state index in [9.17, 15) is 22.8 Å². The van der Waals surface area contributed by atoms with Gasteiger partial charge in [0.15, 0.2) is 9.84 Å². The molecule has 4 amide bonds. The van der Waals surface area contributed by atoms with Crippen LogP contribution in [-0.2, 0) is 19.4 Å². The molecule has 1 heterocycles. The first-order valence-electron chi connectivity index (χ1n) is 9.51. The van der Waals surface area contributed by atoms with Crippen LogP contribution < -0.4 is 10.6 Å². The molecule has 9 heteroatoms. The summed E-state index contributed by atoms with van der Waals surface area (Å²) in [6.45, 7) is 7.66. The molecule has 8 nitrogen and oxygen atoms in total. The molecule has 1 aliphatic heterocycles. The van der Waals surface area contributed by atoms with Gasteiger partial charge in [0.25, 0.3) is 5.91 Å². The average molecular weight is 402 g/mol. The molecule has 0 radical (unpaired) electrons. The maximum Gasteiger partial charge on any atom is 0.325 e. The smallest absolute Gasteiger partial charge is 0.325 e. The molecule has 27 heavy (non-hydrogen) atoms. The molecule has 1 spiro atoms. The molecule has 0 bridgehead atoms. The summed E-state index contributed by atoms with van der Waals surface area (Å²) in [5.74, 6) is -0.548. The van der Waals surface area contributed by atoms with Crippen molar-refractivity contribution in [2.24, 2.45) is 11.3 Å². The molecular formula is C18H31N3O5S. The second-order valence-corrected chi connectivity index (χ2v) is 11.1. The number of amides is 4. The third kappa shape index (κ3) is 5.00. The van der Waals surface area contributed by atoms with Crippen LogP contribution in [0.1, 0.15) is 53.4 Å². The molecule has 1 aliphatic carbocycles. The normalized spacial score (nSPS) is 26.4. The third-order valence-corrected chi connectivity index (χ3v) is 7.49. The van der Waals surface area contributed by atoms with Gasteiger partial charge in [0.2, 0.25) is 5.91 Å². The first-order chi connectivity index (χ1) is 12.4. The molecule has 154 valence electrons. The fourth-order valence-corrected chi connectivity index (χ4v) is 4.53. The maximum atomic E-state index is 12.8. The van der Waals surface area contributed by atoms with Gasteiger partial charge in [-0.15, -0.1) is 0 Å². The van der Waals surface area contributed by atoms with Crippen LogP contribution in [0.15, 0.2) is 0 Å². The summed E-state index contributed by atoms with van der Waals surface area (Å²) in [5.41, 5.74) is -0.740. The number of hydrogen-bond acceptors (Lipinski definition) is 5. The van der Waals surface area contributed by atoms with Gasteiger partial charge in [-0.2, -0.15) is 0 Å². The molecule has 0 aromatic carbocycles. The highest BCUT2D eigenvalue weighted by Gasteiger charge is 2.53. The quantitative estimate of drug-likeness (QED) is 0.646. The zero-order valence-corrected chi connectivity index (χ0v) is 17.4. The van der Waals surface area contributed by atoms with E-state index < -0.39 is 27.3 Å². The number of carbonyl (C=O) groups excluding carboxylic acids is 3. The van der Waals surface area contributed by atoms with E-state index in [0.29, 0.717) is 18.8 Å². The Morgan fingerprint density at radius 2 is 1.85 bits per heavy atom. The first-order valence-corrected chi connectivity index (χ1v) is 11.3. The molecule has 0 aromatic heterocycles. The third-order valence-electron chi connectivity index (χ3n) is 5.79. The van der Waals surface area contributed by atoms with E-state index in [1.807, 2.05) is 0 Å². The summed E-state index contributed by atoms with van der Waals surface area (Å²) in [5, 5.41) is 5.26. The molecule has 2 aliphatic rings. The Bertz CT molecular complexity index is 703. The molecule has 1 saturated heterocycles. The summed E-state index contributed by atoms with van der Waals surface area (Å²) < 4.78 is 22.9. The average Bonchev–Trinajstić information content (AvgIpc) is 2.78. The molecular weight excluding hydrogens is 370 g/mol. The van der Waals surface area contributed by atoms with Crippen molar-refractivity contribution < 1.29 is 22.8 Å². The zero-order chi connectivity index (χ0) is 20.5. The minimum atomic E-state index is -3.18.